The van der Waals surface area contributed by atoms with Gasteiger partial charge in [0, 0.05) is 11.3 Å². The van der Waals surface area contributed by atoms with Gasteiger partial charge in [-0.05, 0) is 32.0 Å². The van der Waals surface area contributed by atoms with Crippen molar-refractivity contribution in [1.82, 2.24) is 25.0 Å². The molecule has 2 aromatic heterocycles. The molecule has 8 heteroatoms. The van der Waals surface area contributed by atoms with Crippen LogP contribution in [0.4, 0.5) is 5.95 Å². The van der Waals surface area contributed by atoms with Gasteiger partial charge < -0.3 is 0 Å². The lowest BCUT2D eigenvalue weighted by Crippen LogP contribution is -2.21. The number of halogens is 1. The molecule has 0 spiro atoms. The summed E-state index contributed by atoms with van der Waals surface area (Å²) >= 11 is 6.11. The van der Waals surface area contributed by atoms with E-state index in [2.05, 4.69) is 25.6 Å². The van der Waals surface area contributed by atoms with Gasteiger partial charge in [-0.3, -0.25) is 19.9 Å². The molecular formula is C15H15ClN6O. The number of aromatic amines is 1. The van der Waals surface area contributed by atoms with Crippen molar-refractivity contribution in [1.29, 1.82) is 0 Å². The maximum absolute atomic E-state index is 12.1. The molecule has 2 heterocycles. The number of rotatable bonds is 4. The average Bonchev–Trinajstić information content (AvgIpc) is 3.06. The number of aryl methyl sites for hydroxylation is 2. The highest BCUT2D eigenvalue weighted by Gasteiger charge is 2.12. The summed E-state index contributed by atoms with van der Waals surface area (Å²) in [4.78, 5) is 16.3. The number of nitrogens with one attached hydrogen (secondary N) is 2. The third-order valence-electron chi connectivity index (χ3n) is 3.26. The van der Waals surface area contributed by atoms with E-state index in [0.717, 1.165) is 17.0 Å². The topological polar surface area (TPSA) is 88.5 Å². The van der Waals surface area contributed by atoms with Gasteiger partial charge in [0.25, 0.3) is 0 Å². The first-order valence-electron chi connectivity index (χ1n) is 7.01. The van der Waals surface area contributed by atoms with E-state index < -0.39 is 0 Å². The molecule has 1 aromatic carbocycles. The van der Waals surface area contributed by atoms with E-state index >= 15 is 0 Å². The number of carbonyl (C=O) groups excluding carboxylic acids is 1. The van der Waals surface area contributed by atoms with Crippen LogP contribution in [0.25, 0.3) is 11.4 Å². The van der Waals surface area contributed by atoms with E-state index in [1.807, 2.05) is 38.1 Å². The van der Waals surface area contributed by atoms with Gasteiger partial charge in [0.2, 0.25) is 11.9 Å². The van der Waals surface area contributed by atoms with E-state index in [9.17, 15) is 4.79 Å². The van der Waals surface area contributed by atoms with Gasteiger partial charge in [0.05, 0.1) is 10.7 Å². The van der Waals surface area contributed by atoms with Crippen molar-refractivity contribution in [2.75, 3.05) is 5.32 Å². The molecular weight excluding hydrogens is 316 g/mol. The zero-order valence-corrected chi connectivity index (χ0v) is 13.4. The SMILES string of the molecule is Cc1cc(C)n(CC(=O)Nc2n[nH]c(-c3ccccc3Cl)n2)n1. The lowest BCUT2D eigenvalue weighted by molar-refractivity contribution is -0.117. The summed E-state index contributed by atoms with van der Waals surface area (Å²) in [5.74, 6) is 0.448. The number of nitrogens with zero attached hydrogens (tertiary/aromatic N) is 4. The van der Waals surface area contributed by atoms with Gasteiger partial charge in [-0.15, -0.1) is 5.10 Å². The lowest BCUT2D eigenvalue weighted by Gasteiger charge is -2.03. The third-order valence-corrected chi connectivity index (χ3v) is 3.59. The average molecular weight is 331 g/mol. The van der Waals surface area contributed by atoms with E-state index in [4.69, 9.17) is 11.6 Å². The van der Waals surface area contributed by atoms with Gasteiger partial charge in [-0.1, -0.05) is 23.7 Å². The summed E-state index contributed by atoms with van der Waals surface area (Å²) in [5.41, 5.74) is 2.51. The van der Waals surface area contributed by atoms with Crippen molar-refractivity contribution in [3.05, 3.63) is 46.7 Å². The fourth-order valence-corrected chi connectivity index (χ4v) is 2.45. The van der Waals surface area contributed by atoms with Crippen LogP contribution < -0.4 is 5.32 Å². The Morgan fingerprint density at radius 3 is 2.83 bits per heavy atom. The predicted molar refractivity (Wildman–Crippen MR) is 87.2 cm³/mol. The molecule has 1 amide bonds. The van der Waals surface area contributed by atoms with Crippen LogP contribution in [0, 0.1) is 13.8 Å². The highest BCUT2D eigenvalue weighted by atomic mass is 35.5. The lowest BCUT2D eigenvalue weighted by atomic mass is 10.2. The van der Waals surface area contributed by atoms with E-state index in [1.54, 1.807) is 10.7 Å². The first-order chi connectivity index (χ1) is 11.0. The van der Waals surface area contributed by atoms with E-state index in [1.165, 1.54) is 0 Å². The van der Waals surface area contributed by atoms with Gasteiger partial charge in [0.1, 0.15) is 6.54 Å². The van der Waals surface area contributed by atoms with Crippen LogP contribution in [-0.4, -0.2) is 30.9 Å². The number of hydrogen-bond acceptors (Lipinski definition) is 4. The summed E-state index contributed by atoms with van der Waals surface area (Å²) in [6.07, 6.45) is 0. The molecule has 0 unspecified atom stereocenters. The van der Waals surface area contributed by atoms with Crippen LogP contribution in [0.5, 0.6) is 0 Å². The van der Waals surface area contributed by atoms with Gasteiger partial charge in [0.15, 0.2) is 5.82 Å². The second-order valence-electron chi connectivity index (χ2n) is 5.12. The molecule has 0 aliphatic carbocycles. The summed E-state index contributed by atoms with van der Waals surface area (Å²) in [6.45, 7) is 3.89. The second kappa shape index (κ2) is 6.21. The Morgan fingerprint density at radius 1 is 1.35 bits per heavy atom. The Balaban J connectivity index is 1.71. The Bertz CT molecular complexity index is 853. The number of benzene rings is 1. The number of carbonyl (C=O) groups is 1. The molecule has 0 saturated carbocycles. The Labute approximate surface area is 137 Å². The number of amides is 1. The highest BCUT2D eigenvalue weighted by molar-refractivity contribution is 6.33. The monoisotopic (exact) mass is 330 g/mol. The Morgan fingerprint density at radius 2 is 2.13 bits per heavy atom. The van der Waals surface area contributed by atoms with Crippen LogP contribution in [0.15, 0.2) is 30.3 Å². The zero-order valence-electron chi connectivity index (χ0n) is 12.7. The molecule has 0 bridgehead atoms. The second-order valence-corrected chi connectivity index (χ2v) is 5.53. The largest absolute Gasteiger partial charge is 0.292 e. The van der Waals surface area contributed by atoms with Crippen LogP contribution in [-0.2, 0) is 11.3 Å². The fourth-order valence-electron chi connectivity index (χ4n) is 2.23. The van der Waals surface area contributed by atoms with Crippen LogP contribution in [0.1, 0.15) is 11.4 Å². The van der Waals surface area contributed by atoms with Crippen LogP contribution >= 0.6 is 11.6 Å². The van der Waals surface area contributed by atoms with Crippen molar-refractivity contribution in [2.45, 2.75) is 20.4 Å². The van der Waals surface area contributed by atoms with Crippen molar-refractivity contribution in [3.63, 3.8) is 0 Å². The predicted octanol–water partition coefficient (Wildman–Crippen LogP) is 2.58. The number of anilines is 1. The maximum Gasteiger partial charge on any atom is 0.249 e. The summed E-state index contributed by atoms with van der Waals surface area (Å²) in [5, 5.41) is 14.2. The molecule has 0 aliphatic rings. The van der Waals surface area contributed by atoms with E-state index in [-0.39, 0.29) is 18.4 Å². The molecule has 118 valence electrons. The molecule has 23 heavy (non-hydrogen) atoms. The first kappa shape index (κ1) is 15.2. The molecule has 3 aromatic rings. The minimum absolute atomic E-state index is 0.107. The third kappa shape index (κ3) is 3.40. The van der Waals surface area contributed by atoms with Gasteiger partial charge in [-0.2, -0.15) is 10.1 Å². The quantitative estimate of drug-likeness (QED) is 0.769. The Hall–Kier alpha value is -2.67. The summed E-state index contributed by atoms with van der Waals surface area (Å²) in [6, 6.07) is 9.19. The minimum Gasteiger partial charge on any atom is -0.292 e. The molecule has 3 rings (SSSR count). The number of aromatic nitrogens is 5. The van der Waals surface area contributed by atoms with Crippen LogP contribution in [0.3, 0.4) is 0 Å². The molecule has 7 nitrogen and oxygen atoms in total. The Kier molecular flexibility index (Phi) is 4.12. The molecule has 0 aliphatic heterocycles. The van der Waals surface area contributed by atoms with Gasteiger partial charge >= 0.3 is 0 Å². The van der Waals surface area contributed by atoms with Crippen molar-refractivity contribution in [3.8, 4) is 11.4 Å². The highest BCUT2D eigenvalue weighted by Crippen LogP contribution is 2.24. The van der Waals surface area contributed by atoms with Gasteiger partial charge in [-0.25, -0.2) is 0 Å². The summed E-state index contributed by atoms with van der Waals surface area (Å²) in [7, 11) is 0. The zero-order chi connectivity index (χ0) is 16.4. The normalized spacial score (nSPS) is 10.7. The number of H-pyrrole nitrogens is 1. The maximum atomic E-state index is 12.1. The molecule has 0 saturated heterocycles. The number of hydrogen-bond donors (Lipinski definition) is 2. The van der Waals surface area contributed by atoms with Crippen molar-refractivity contribution in [2.24, 2.45) is 0 Å². The smallest absolute Gasteiger partial charge is 0.249 e. The summed E-state index contributed by atoms with van der Waals surface area (Å²) < 4.78 is 1.63. The fraction of sp³-hybridized carbons (Fsp3) is 0.200. The minimum atomic E-state index is -0.249. The first-order valence-corrected chi connectivity index (χ1v) is 7.39. The molecule has 0 fully saturated rings. The molecule has 2 N–H and O–H groups in total. The standard InChI is InChI=1S/C15H15ClN6O/c1-9-7-10(2)22(21-9)8-13(23)17-15-18-14(19-20-15)11-5-3-4-6-12(11)16/h3-7H,8H2,1-2H3,(H2,17,18,19,20,23). The van der Waals surface area contributed by atoms with Crippen molar-refractivity contribution < 1.29 is 4.79 Å². The van der Waals surface area contributed by atoms with E-state index in [0.29, 0.717) is 10.8 Å². The van der Waals surface area contributed by atoms with Crippen molar-refractivity contribution >= 4 is 23.5 Å². The molecule has 0 atom stereocenters. The molecule has 0 radical (unpaired) electrons. The van der Waals surface area contributed by atoms with Crippen LogP contribution in [0.2, 0.25) is 5.02 Å².